The Bertz CT molecular complexity index is 304. The molecule has 0 aliphatic rings. The quantitative estimate of drug-likeness (QED) is 0.816. The summed E-state index contributed by atoms with van der Waals surface area (Å²) in [5.74, 6) is -0.493. The van der Waals surface area contributed by atoms with Crippen molar-refractivity contribution in [1.29, 1.82) is 0 Å². The molecule has 1 aromatic rings. The van der Waals surface area contributed by atoms with Crippen LogP contribution in [0.25, 0.3) is 0 Å². The molecule has 0 bridgehead atoms. The highest BCUT2D eigenvalue weighted by molar-refractivity contribution is 9.10. The van der Waals surface area contributed by atoms with E-state index in [1.807, 2.05) is 13.8 Å². The molecule has 0 fully saturated rings. The lowest BCUT2D eigenvalue weighted by Crippen LogP contribution is -2.08. The van der Waals surface area contributed by atoms with Crippen LogP contribution < -0.4 is 0 Å². The summed E-state index contributed by atoms with van der Waals surface area (Å²) in [6.07, 6.45) is 0.688. The van der Waals surface area contributed by atoms with Gasteiger partial charge in [-0.1, -0.05) is 13.8 Å². The average molecular weight is 248 g/mol. The largest absolute Gasteiger partial charge is 0.388 e. The second-order valence-electron chi connectivity index (χ2n) is 3.19. The van der Waals surface area contributed by atoms with Crippen molar-refractivity contribution in [3.8, 4) is 0 Å². The van der Waals surface area contributed by atoms with Crippen molar-refractivity contribution < 1.29 is 9.50 Å². The number of nitrogens with zero attached hydrogens (tertiary/aromatic N) is 1. The van der Waals surface area contributed by atoms with E-state index in [0.717, 1.165) is 0 Å². The fourth-order valence-corrected chi connectivity index (χ4v) is 1.37. The fraction of sp³-hybridized carbons (Fsp3) is 0.444. The Hall–Kier alpha value is -0.480. The third-order valence-electron chi connectivity index (χ3n) is 1.83. The minimum absolute atomic E-state index is 0.0104. The molecule has 0 aliphatic carbocycles. The van der Waals surface area contributed by atoms with Crippen molar-refractivity contribution in [2.75, 3.05) is 0 Å². The zero-order valence-corrected chi connectivity index (χ0v) is 9.05. The number of halogens is 2. The van der Waals surface area contributed by atoms with E-state index in [-0.39, 0.29) is 16.1 Å². The maximum absolute atomic E-state index is 13.3. The molecule has 1 aromatic heterocycles. The van der Waals surface area contributed by atoms with Gasteiger partial charge in [0.25, 0.3) is 0 Å². The van der Waals surface area contributed by atoms with Crippen molar-refractivity contribution in [2.24, 2.45) is 5.92 Å². The lowest BCUT2D eigenvalue weighted by atomic mass is 10.00. The van der Waals surface area contributed by atoms with Crippen LogP contribution >= 0.6 is 15.9 Å². The first kappa shape index (κ1) is 10.6. The van der Waals surface area contributed by atoms with E-state index in [9.17, 15) is 9.50 Å². The van der Waals surface area contributed by atoms with Gasteiger partial charge in [0.15, 0.2) is 5.82 Å². The maximum atomic E-state index is 13.3. The van der Waals surface area contributed by atoms with Gasteiger partial charge >= 0.3 is 0 Å². The van der Waals surface area contributed by atoms with Crippen molar-refractivity contribution in [3.05, 3.63) is 28.2 Å². The van der Waals surface area contributed by atoms with Gasteiger partial charge in [-0.05, 0) is 27.9 Å². The van der Waals surface area contributed by atoms with Crippen LogP contribution in [0.4, 0.5) is 4.39 Å². The summed E-state index contributed by atoms with van der Waals surface area (Å²) in [5.41, 5.74) is 0.289. The summed E-state index contributed by atoms with van der Waals surface area (Å²) in [4.78, 5) is 3.71. The fourth-order valence-electron chi connectivity index (χ4n) is 1.02. The first-order chi connectivity index (χ1) is 6.04. The molecule has 72 valence electrons. The molecule has 13 heavy (non-hydrogen) atoms. The molecule has 4 heteroatoms. The molecule has 1 rings (SSSR count). The molecule has 0 aliphatic heterocycles. The lowest BCUT2D eigenvalue weighted by molar-refractivity contribution is 0.122. The SMILES string of the molecule is CC(C)C(O)c1ccnc(Br)c1F. The van der Waals surface area contributed by atoms with Gasteiger partial charge in [-0.3, -0.25) is 0 Å². The summed E-state index contributed by atoms with van der Waals surface area (Å²) in [7, 11) is 0. The Labute approximate surface area is 84.9 Å². The molecule has 0 spiro atoms. The van der Waals surface area contributed by atoms with Crippen LogP contribution in [0.5, 0.6) is 0 Å². The Kier molecular flexibility index (Phi) is 3.39. The minimum Gasteiger partial charge on any atom is -0.388 e. The number of aromatic nitrogens is 1. The summed E-state index contributed by atoms with van der Waals surface area (Å²) < 4.78 is 13.5. The zero-order chi connectivity index (χ0) is 10.0. The van der Waals surface area contributed by atoms with Gasteiger partial charge < -0.3 is 5.11 Å². The standard InChI is InChI=1S/C9H11BrFNO/c1-5(2)8(13)6-3-4-12-9(10)7(6)11/h3-5,8,13H,1-2H3. The third kappa shape index (κ3) is 2.25. The van der Waals surface area contributed by atoms with Crippen molar-refractivity contribution in [1.82, 2.24) is 4.98 Å². The molecule has 0 aromatic carbocycles. The Morgan fingerprint density at radius 3 is 2.69 bits per heavy atom. The van der Waals surface area contributed by atoms with Crippen LogP contribution in [-0.2, 0) is 0 Å². The average Bonchev–Trinajstić information content (AvgIpc) is 2.08. The van der Waals surface area contributed by atoms with Crippen LogP contribution in [0.2, 0.25) is 0 Å². The molecular formula is C9H11BrFNO. The molecule has 1 heterocycles. The first-order valence-corrected chi connectivity index (χ1v) is 4.81. The summed E-state index contributed by atoms with van der Waals surface area (Å²) in [6, 6.07) is 1.49. The molecule has 0 radical (unpaired) electrons. The summed E-state index contributed by atoms with van der Waals surface area (Å²) in [6.45, 7) is 3.66. The van der Waals surface area contributed by atoms with Gasteiger partial charge in [-0.15, -0.1) is 0 Å². The van der Waals surface area contributed by atoms with E-state index < -0.39 is 11.9 Å². The molecule has 1 atom stereocenters. The van der Waals surface area contributed by atoms with Gasteiger partial charge in [-0.2, -0.15) is 0 Å². The van der Waals surface area contributed by atoms with Crippen LogP contribution in [0, 0.1) is 11.7 Å². The molecule has 2 nitrogen and oxygen atoms in total. The van der Waals surface area contributed by atoms with Crippen LogP contribution in [0.3, 0.4) is 0 Å². The van der Waals surface area contributed by atoms with E-state index in [1.54, 1.807) is 0 Å². The van der Waals surface area contributed by atoms with Gasteiger partial charge in [0, 0.05) is 11.8 Å². The van der Waals surface area contributed by atoms with E-state index in [4.69, 9.17) is 0 Å². The Morgan fingerprint density at radius 2 is 2.15 bits per heavy atom. The number of hydrogen-bond donors (Lipinski definition) is 1. The monoisotopic (exact) mass is 247 g/mol. The second kappa shape index (κ2) is 4.15. The minimum atomic E-state index is -0.778. The highest BCUT2D eigenvalue weighted by Crippen LogP contribution is 2.26. The molecule has 1 N–H and O–H groups in total. The predicted octanol–water partition coefficient (Wildman–Crippen LogP) is 2.67. The smallest absolute Gasteiger partial charge is 0.161 e. The van der Waals surface area contributed by atoms with Crippen LogP contribution in [0.15, 0.2) is 16.9 Å². The number of aliphatic hydroxyl groups is 1. The highest BCUT2D eigenvalue weighted by Gasteiger charge is 2.18. The molecule has 1 unspecified atom stereocenters. The van der Waals surface area contributed by atoms with Crippen molar-refractivity contribution >= 4 is 15.9 Å². The molecule has 0 saturated heterocycles. The van der Waals surface area contributed by atoms with Gasteiger partial charge in [0.2, 0.25) is 0 Å². The number of rotatable bonds is 2. The first-order valence-electron chi connectivity index (χ1n) is 4.02. The van der Waals surface area contributed by atoms with Gasteiger partial charge in [-0.25, -0.2) is 9.37 Å². The number of hydrogen-bond acceptors (Lipinski definition) is 2. The van der Waals surface area contributed by atoms with E-state index in [0.29, 0.717) is 0 Å². The molecule has 0 saturated carbocycles. The number of aliphatic hydroxyl groups excluding tert-OH is 1. The third-order valence-corrected chi connectivity index (χ3v) is 2.38. The van der Waals surface area contributed by atoms with Crippen molar-refractivity contribution in [3.63, 3.8) is 0 Å². The topological polar surface area (TPSA) is 33.1 Å². The van der Waals surface area contributed by atoms with Crippen molar-refractivity contribution in [2.45, 2.75) is 20.0 Å². The van der Waals surface area contributed by atoms with E-state index in [2.05, 4.69) is 20.9 Å². The summed E-state index contributed by atoms with van der Waals surface area (Å²) >= 11 is 2.97. The normalized spacial score (nSPS) is 13.4. The summed E-state index contributed by atoms with van der Waals surface area (Å²) in [5, 5.41) is 9.61. The highest BCUT2D eigenvalue weighted by atomic mass is 79.9. The van der Waals surface area contributed by atoms with Gasteiger partial charge in [0.05, 0.1) is 6.10 Å². The Balaban J connectivity index is 3.07. The van der Waals surface area contributed by atoms with Gasteiger partial charge in [0.1, 0.15) is 4.60 Å². The van der Waals surface area contributed by atoms with Crippen LogP contribution in [-0.4, -0.2) is 10.1 Å². The van der Waals surface area contributed by atoms with E-state index in [1.165, 1.54) is 12.3 Å². The molecule has 0 amide bonds. The number of pyridine rings is 1. The molecular weight excluding hydrogens is 237 g/mol. The second-order valence-corrected chi connectivity index (χ2v) is 3.94. The van der Waals surface area contributed by atoms with Crippen LogP contribution in [0.1, 0.15) is 25.5 Å². The Morgan fingerprint density at radius 1 is 1.54 bits per heavy atom. The zero-order valence-electron chi connectivity index (χ0n) is 7.46. The maximum Gasteiger partial charge on any atom is 0.161 e. The predicted molar refractivity (Wildman–Crippen MR) is 51.7 cm³/mol. The lowest BCUT2D eigenvalue weighted by Gasteiger charge is -2.15. The van der Waals surface area contributed by atoms with E-state index >= 15 is 0 Å².